The maximum absolute atomic E-state index is 11.9. The fourth-order valence-electron chi connectivity index (χ4n) is 3.27. The van der Waals surface area contributed by atoms with E-state index in [1.807, 2.05) is 0 Å². The molecule has 0 aromatic carbocycles. The second kappa shape index (κ2) is 7.25. The zero-order valence-corrected chi connectivity index (χ0v) is 12.0. The normalized spacial score (nSPS) is 26.9. The molecule has 0 radical (unpaired) electrons. The van der Waals surface area contributed by atoms with Gasteiger partial charge in [-0.05, 0) is 44.7 Å². The van der Waals surface area contributed by atoms with E-state index in [1.54, 1.807) is 0 Å². The molecule has 1 amide bonds. The third-order valence-corrected chi connectivity index (χ3v) is 4.68. The Morgan fingerprint density at radius 2 is 2.00 bits per heavy atom. The smallest absolute Gasteiger partial charge is 0.220 e. The standard InChI is InChI=1S/C15H29N3O/c16-15(8-3-1-2-4-9-15)12-18-14(19)6-5-13-7-10-17-11-13/h13,17H,1-12,16H2,(H,18,19). The Balaban J connectivity index is 1.64. The molecular formula is C15H29N3O. The first-order valence-corrected chi connectivity index (χ1v) is 7.94. The Hall–Kier alpha value is -0.610. The predicted molar refractivity (Wildman–Crippen MR) is 77.8 cm³/mol. The van der Waals surface area contributed by atoms with Crippen molar-refractivity contribution >= 4 is 5.91 Å². The monoisotopic (exact) mass is 267 g/mol. The SMILES string of the molecule is NC1(CNC(=O)CCC2CCNC2)CCCCCC1. The Morgan fingerprint density at radius 3 is 2.63 bits per heavy atom. The zero-order chi connectivity index (χ0) is 13.6. The lowest BCUT2D eigenvalue weighted by atomic mass is 9.91. The maximum atomic E-state index is 11.9. The quantitative estimate of drug-likeness (QED) is 0.662. The van der Waals surface area contributed by atoms with Gasteiger partial charge in [-0.3, -0.25) is 4.79 Å². The first kappa shape index (κ1) is 14.8. The van der Waals surface area contributed by atoms with Gasteiger partial charge in [-0.15, -0.1) is 0 Å². The van der Waals surface area contributed by atoms with Crippen molar-refractivity contribution in [1.29, 1.82) is 0 Å². The lowest BCUT2D eigenvalue weighted by Crippen LogP contribution is -2.49. The molecule has 1 unspecified atom stereocenters. The molecule has 4 nitrogen and oxygen atoms in total. The molecule has 0 bridgehead atoms. The third kappa shape index (κ3) is 5.11. The Kier molecular flexibility index (Phi) is 5.64. The molecule has 19 heavy (non-hydrogen) atoms. The van der Waals surface area contributed by atoms with Crippen LogP contribution in [0.25, 0.3) is 0 Å². The van der Waals surface area contributed by atoms with Crippen LogP contribution in [0.5, 0.6) is 0 Å². The molecule has 2 rings (SSSR count). The summed E-state index contributed by atoms with van der Waals surface area (Å²) in [5.74, 6) is 0.872. The average molecular weight is 267 g/mol. The van der Waals surface area contributed by atoms with E-state index in [-0.39, 0.29) is 11.4 Å². The highest BCUT2D eigenvalue weighted by atomic mass is 16.1. The minimum absolute atomic E-state index is 0.152. The van der Waals surface area contributed by atoms with Crippen molar-refractivity contribution in [3.8, 4) is 0 Å². The molecular weight excluding hydrogens is 238 g/mol. The molecule has 0 spiro atoms. The molecule has 2 aliphatic rings. The molecule has 1 aliphatic heterocycles. The summed E-state index contributed by atoms with van der Waals surface area (Å²) in [5, 5.41) is 6.40. The van der Waals surface area contributed by atoms with Gasteiger partial charge in [0.25, 0.3) is 0 Å². The molecule has 0 aromatic heterocycles. The number of rotatable bonds is 5. The number of nitrogens with two attached hydrogens (primary N) is 1. The van der Waals surface area contributed by atoms with Gasteiger partial charge in [0.1, 0.15) is 0 Å². The highest BCUT2D eigenvalue weighted by Gasteiger charge is 2.26. The number of amides is 1. The number of hydrogen-bond acceptors (Lipinski definition) is 3. The van der Waals surface area contributed by atoms with Crippen LogP contribution in [0, 0.1) is 5.92 Å². The zero-order valence-electron chi connectivity index (χ0n) is 12.0. The summed E-state index contributed by atoms with van der Waals surface area (Å²) in [6.45, 7) is 2.85. The average Bonchev–Trinajstić information content (AvgIpc) is 2.83. The van der Waals surface area contributed by atoms with E-state index >= 15 is 0 Å². The van der Waals surface area contributed by atoms with Crippen LogP contribution in [0.3, 0.4) is 0 Å². The van der Waals surface area contributed by atoms with Gasteiger partial charge in [-0.1, -0.05) is 25.7 Å². The van der Waals surface area contributed by atoms with Crippen LogP contribution < -0.4 is 16.4 Å². The second-order valence-corrected chi connectivity index (χ2v) is 6.45. The van der Waals surface area contributed by atoms with Crippen LogP contribution in [0.1, 0.15) is 57.8 Å². The van der Waals surface area contributed by atoms with Crippen molar-refractivity contribution in [2.24, 2.45) is 11.7 Å². The van der Waals surface area contributed by atoms with Crippen molar-refractivity contribution in [2.75, 3.05) is 19.6 Å². The topological polar surface area (TPSA) is 67.1 Å². The van der Waals surface area contributed by atoms with E-state index < -0.39 is 0 Å². The number of carbonyl (C=O) groups is 1. The van der Waals surface area contributed by atoms with Crippen molar-refractivity contribution in [3.63, 3.8) is 0 Å². The first-order chi connectivity index (χ1) is 9.18. The van der Waals surface area contributed by atoms with Crippen LogP contribution >= 0.6 is 0 Å². The number of nitrogens with one attached hydrogen (secondary N) is 2. The Bertz CT molecular complexity index is 279. The van der Waals surface area contributed by atoms with Crippen molar-refractivity contribution < 1.29 is 4.79 Å². The summed E-state index contributed by atoms with van der Waals surface area (Å²) in [4.78, 5) is 11.9. The summed E-state index contributed by atoms with van der Waals surface area (Å²) in [5.41, 5.74) is 6.25. The summed E-state index contributed by atoms with van der Waals surface area (Å²) in [7, 11) is 0. The maximum Gasteiger partial charge on any atom is 0.220 e. The summed E-state index contributed by atoms with van der Waals surface area (Å²) in [6.07, 6.45) is 10.00. The van der Waals surface area contributed by atoms with Gasteiger partial charge in [0, 0.05) is 18.5 Å². The largest absolute Gasteiger partial charge is 0.354 e. The van der Waals surface area contributed by atoms with E-state index in [9.17, 15) is 4.79 Å². The summed E-state index contributed by atoms with van der Waals surface area (Å²) in [6, 6.07) is 0. The highest BCUT2D eigenvalue weighted by Crippen LogP contribution is 2.24. The van der Waals surface area contributed by atoms with Crippen molar-refractivity contribution in [2.45, 2.75) is 63.3 Å². The van der Waals surface area contributed by atoms with Gasteiger partial charge in [-0.2, -0.15) is 0 Å². The van der Waals surface area contributed by atoms with Gasteiger partial charge in [-0.25, -0.2) is 0 Å². The van der Waals surface area contributed by atoms with Crippen LogP contribution in [0.15, 0.2) is 0 Å². The first-order valence-electron chi connectivity index (χ1n) is 7.94. The Labute approximate surface area is 116 Å². The molecule has 1 saturated carbocycles. The summed E-state index contributed by atoms with van der Waals surface area (Å²) >= 11 is 0. The van der Waals surface area contributed by atoms with Gasteiger partial charge >= 0.3 is 0 Å². The van der Waals surface area contributed by atoms with Crippen LogP contribution in [0.4, 0.5) is 0 Å². The van der Waals surface area contributed by atoms with Gasteiger partial charge in [0.05, 0.1) is 0 Å². The molecule has 4 N–H and O–H groups in total. The van der Waals surface area contributed by atoms with Crippen LogP contribution in [-0.4, -0.2) is 31.1 Å². The van der Waals surface area contributed by atoms with Crippen LogP contribution in [0.2, 0.25) is 0 Å². The molecule has 0 aromatic rings. The molecule has 110 valence electrons. The molecule has 2 fully saturated rings. The fourth-order valence-corrected chi connectivity index (χ4v) is 3.27. The van der Waals surface area contributed by atoms with E-state index in [4.69, 9.17) is 5.73 Å². The Morgan fingerprint density at radius 1 is 1.26 bits per heavy atom. The number of carbonyl (C=O) groups excluding carboxylic acids is 1. The van der Waals surface area contributed by atoms with E-state index in [2.05, 4.69) is 10.6 Å². The minimum atomic E-state index is -0.152. The van der Waals surface area contributed by atoms with Crippen LogP contribution in [-0.2, 0) is 4.79 Å². The van der Waals surface area contributed by atoms with Crippen molar-refractivity contribution in [1.82, 2.24) is 10.6 Å². The number of hydrogen-bond donors (Lipinski definition) is 3. The lowest BCUT2D eigenvalue weighted by molar-refractivity contribution is -0.121. The fraction of sp³-hybridized carbons (Fsp3) is 0.933. The molecule has 1 heterocycles. The molecule has 1 aliphatic carbocycles. The minimum Gasteiger partial charge on any atom is -0.354 e. The van der Waals surface area contributed by atoms with E-state index in [1.165, 1.54) is 32.1 Å². The molecule has 4 heteroatoms. The predicted octanol–water partition coefficient (Wildman–Crippen LogP) is 1.54. The second-order valence-electron chi connectivity index (χ2n) is 6.45. The van der Waals surface area contributed by atoms with E-state index in [0.29, 0.717) is 18.9 Å². The highest BCUT2D eigenvalue weighted by molar-refractivity contribution is 5.75. The van der Waals surface area contributed by atoms with E-state index in [0.717, 1.165) is 32.4 Å². The summed E-state index contributed by atoms with van der Waals surface area (Å²) < 4.78 is 0. The van der Waals surface area contributed by atoms with Gasteiger partial charge < -0.3 is 16.4 Å². The van der Waals surface area contributed by atoms with Gasteiger partial charge in [0.2, 0.25) is 5.91 Å². The van der Waals surface area contributed by atoms with Gasteiger partial charge in [0.15, 0.2) is 0 Å². The molecule has 1 atom stereocenters. The lowest BCUT2D eigenvalue weighted by Gasteiger charge is -2.28. The third-order valence-electron chi connectivity index (χ3n) is 4.68. The van der Waals surface area contributed by atoms with Crippen molar-refractivity contribution in [3.05, 3.63) is 0 Å². The molecule has 1 saturated heterocycles.